The topological polar surface area (TPSA) is 84.1 Å². The van der Waals surface area contributed by atoms with Gasteiger partial charge in [-0.3, -0.25) is 10.2 Å². The van der Waals surface area contributed by atoms with E-state index in [4.69, 9.17) is 14.3 Å². The average Bonchev–Trinajstić information content (AvgIpc) is 3.39. The molecule has 8 nitrogen and oxygen atoms in total. The summed E-state index contributed by atoms with van der Waals surface area (Å²) in [4.78, 5) is 20.0. The Hall–Kier alpha value is -0.930. The molecule has 0 aliphatic carbocycles. The predicted molar refractivity (Wildman–Crippen MR) is 109 cm³/mol. The Morgan fingerprint density at radius 2 is 1.83 bits per heavy atom. The Balaban J connectivity index is 1.18. The van der Waals surface area contributed by atoms with Crippen molar-refractivity contribution in [3.05, 3.63) is 0 Å². The zero-order valence-corrected chi connectivity index (χ0v) is 18.1. The number of likely N-dealkylation sites (tertiary alicyclic amines) is 1. The average molecular weight is 411 g/mol. The molecule has 1 amide bonds. The summed E-state index contributed by atoms with van der Waals surface area (Å²) in [7, 11) is 0. The van der Waals surface area contributed by atoms with Crippen molar-refractivity contribution in [2.24, 2.45) is 17.8 Å². The molecule has 5 atom stereocenters. The van der Waals surface area contributed by atoms with Gasteiger partial charge in [-0.25, -0.2) is 4.79 Å². The highest BCUT2D eigenvalue weighted by Crippen LogP contribution is 2.29. The molecule has 0 spiro atoms. The van der Waals surface area contributed by atoms with Gasteiger partial charge < -0.3 is 19.7 Å². The maximum absolute atomic E-state index is 12.3. The van der Waals surface area contributed by atoms with Crippen LogP contribution in [0.25, 0.3) is 0 Å². The Morgan fingerprint density at radius 3 is 2.45 bits per heavy atom. The molecule has 4 rings (SSSR count). The number of amides is 1. The third-order valence-corrected chi connectivity index (χ3v) is 6.78. The SMILES string of the molecule is CC(C)(C)OC(=O)N1CCC(C2NOC(C3CCC(C4CCOC4)NC3)N2)CC1. The number of ether oxygens (including phenoxy) is 2. The van der Waals surface area contributed by atoms with Crippen LogP contribution >= 0.6 is 0 Å². The van der Waals surface area contributed by atoms with Crippen LogP contribution in [-0.4, -0.2) is 67.9 Å². The fourth-order valence-electron chi connectivity index (χ4n) is 5.03. The zero-order valence-electron chi connectivity index (χ0n) is 18.1. The van der Waals surface area contributed by atoms with Crippen LogP contribution in [0.1, 0.15) is 52.9 Å². The van der Waals surface area contributed by atoms with Gasteiger partial charge in [0.05, 0.1) is 12.8 Å². The first-order valence-electron chi connectivity index (χ1n) is 11.4. The van der Waals surface area contributed by atoms with Crippen LogP contribution in [-0.2, 0) is 14.3 Å². The van der Waals surface area contributed by atoms with Crippen molar-refractivity contribution in [2.75, 3.05) is 32.8 Å². The first-order valence-corrected chi connectivity index (χ1v) is 11.4. The molecule has 3 N–H and O–H groups in total. The molecule has 4 aliphatic rings. The molecule has 0 aromatic carbocycles. The second-order valence-corrected chi connectivity index (χ2v) is 10.1. The van der Waals surface area contributed by atoms with Gasteiger partial charge in [0.25, 0.3) is 0 Å². The monoisotopic (exact) mass is 410 g/mol. The summed E-state index contributed by atoms with van der Waals surface area (Å²) in [5.74, 6) is 1.61. The largest absolute Gasteiger partial charge is 0.444 e. The van der Waals surface area contributed by atoms with E-state index in [-0.39, 0.29) is 18.5 Å². The van der Waals surface area contributed by atoms with Crippen molar-refractivity contribution in [3.63, 3.8) is 0 Å². The number of carbonyl (C=O) groups is 1. The van der Waals surface area contributed by atoms with Gasteiger partial charge in [0, 0.05) is 38.2 Å². The molecule has 29 heavy (non-hydrogen) atoms. The highest BCUT2D eigenvalue weighted by molar-refractivity contribution is 5.68. The number of nitrogens with zero attached hydrogens (tertiary/aromatic N) is 1. The summed E-state index contributed by atoms with van der Waals surface area (Å²) in [6.07, 6.45) is 5.47. The number of hydrogen-bond donors (Lipinski definition) is 3. The Kier molecular flexibility index (Phi) is 6.65. The Morgan fingerprint density at radius 1 is 1.03 bits per heavy atom. The molecule has 0 aromatic heterocycles. The second-order valence-electron chi connectivity index (χ2n) is 10.1. The molecule has 4 aliphatic heterocycles. The maximum Gasteiger partial charge on any atom is 0.410 e. The number of hydrogen-bond acceptors (Lipinski definition) is 7. The molecule has 4 fully saturated rings. The van der Waals surface area contributed by atoms with Crippen LogP contribution in [0.4, 0.5) is 4.79 Å². The molecule has 5 unspecified atom stereocenters. The molecule has 4 heterocycles. The normalized spacial score (nSPS) is 37.1. The summed E-state index contributed by atoms with van der Waals surface area (Å²) in [6.45, 7) is 10.0. The lowest BCUT2D eigenvalue weighted by Gasteiger charge is -2.36. The van der Waals surface area contributed by atoms with Crippen LogP contribution in [0.5, 0.6) is 0 Å². The van der Waals surface area contributed by atoms with Crippen LogP contribution in [0.15, 0.2) is 0 Å². The molecule has 0 saturated carbocycles. The van der Waals surface area contributed by atoms with E-state index >= 15 is 0 Å². The molecular weight excluding hydrogens is 372 g/mol. The Bertz CT molecular complexity index is 547. The molecule has 0 radical (unpaired) electrons. The van der Waals surface area contributed by atoms with E-state index in [1.807, 2.05) is 25.7 Å². The van der Waals surface area contributed by atoms with Crippen LogP contribution in [0.3, 0.4) is 0 Å². The molecule has 0 aromatic rings. The van der Waals surface area contributed by atoms with Crippen molar-refractivity contribution in [2.45, 2.75) is 76.9 Å². The van der Waals surface area contributed by atoms with Crippen molar-refractivity contribution in [1.82, 2.24) is 21.0 Å². The number of nitrogens with one attached hydrogen (secondary N) is 3. The molecule has 0 bridgehead atoms. The third-order valence-electron chi connectivity index (χ3n) is 6.78. The van der Waals surface area contributed by atoms with E-state index < -0.39 is 5.60 Å². The van der Waals surface area contributed by atoms with Gasteiger partial charge in [-0.05, 0) is 64.7 Å². The van der Waals surface area contributed by atoms with Gasteiger partial charge in [0.15, 0.2) is 0 Å². The van der Waals surface area contributed by atoms with Crippen molar-refractivity contribution < 1.29 is 19.1 Å². The van der Waals surface area contributed by atoms with Gasteiger partial charge in [-0.1, -0.05) is 0 Å². The highest BCUT2D eigenvalue weighted by Gasteiger charge is 2.39. The Labute approximate surface area is 174 Å². The van der Waals surface area contributed by atoms with E-state index in [9.17, 15) is 4.79 Å². The van der Waals surface area contributed by atoms with Gasteiger partial charge >= 0.3 is 6.09 Å². The van der Waals surface area contributed by atoms with Gasteiger partial charge in [0.1, 0.15) is 11.8 Å². The van der Waals surface area contributed by atoms with E-state index in [2.05, 4.69) is 16.1 Å². The molecule has 166 valence electrons. The lowest BCUT2D eigenvalue weighted by molar-refractivity contribution is -0.0246. The summed E-state index contributed by atoms with van der Waals surface area (Å²) in [5, 5.41) is 7.40. The van der Waals surface area contributed by atoms with Crippen LogP contribution in [0, 0.1) is 17.8 Å². The smallest absolute Gasteiger partial charge is 0.410 e. The minimum absolute atomic E-state index is 0.0529. The number of rotatable bonds is 3. The number of carbonyl (C=O) groups excluding carboxylic acids is 1. The predicted octanol–water partition coefficient (Wildman–Crippen LogP) is 1.81. The van der Waals surface area contributed by atoms with Crippen LogP contribution < -0.4 is 16.1 Å². The fraction of sp³-hybridized carbons (Fsp3) is 0.952. The number of hydroxylamine groups is 1. The lowest BCUT2D eigenvalue weighted by atomic mass is 9.86. The third kappa shape index (κ3) is 5.41. The maximum atomic E-state index is 12.3. The lowest BCUT2D eigenvalue weighted by Crippen LogP contribution is -2.51. The van der Waals surface area contributed by atoms with Gasteiger partial charge in [-0.15, -0.1) is 0 Å². The second kappa shape index (κ2) is 9.06. The molecular formula is C21H38N4O4. The quantitative estimate of drug-likeness (QED) is 0.654. The highest BCUT2D eigenvalue weighted by atomic mass is 16.7. The van der Waals surface area contributed by atoms with Crippen molar-refractivity contribution >= 4 is 6.09 Å². The summed E-state index contributed by atoms with van der Waals surface area (Å²) < 4.78 is 11.0. The summed E-state index contributed by atoms with van der Waals surface area (Å²) in [5.41, 5.74) is 2.79. The van der Waals surface area contributed by atoms with Crippen molar-refractivity contribution in [3.8, 4) is 0 Å². The molecule has 8 heteroatoms. The van der Waals surface area contributed by atoms with E-state index in [0.717, 1.165) is 45.7 Å². The standard InChI is InChI=1S/C21H38N4O4/c1-21(2,3)28-20(26)25-9-6-14(7-10-25)18-23-19(29-24-18)15-4-5-17(22-12-15)16-8-11-27-13-16/h14-19,22-24H,4-13H2,1-3H3. The minimum Gasteiger partial charge on any atom is -0.444 e. The minimum atomic E-state index is -0.443. The van der Waals surface area contributed by atoms with E-state index in [1.54, 1.807) is 0 Å². The molecule has 4 saturated heterocycles. The van der Waals surface area contributed by atoms with Crippen molar-refractivity contribution in [1.29, 1.82) is 0 Å². The summed E-state index contributed by atoms with van der Waals surface area (Å²) in [6, 6.07) is 0.594. The van der Waals surface area contributed by atoms with Crippen LogP contribution in [0.2, 0.25) is 0 Å². The van der Waals surface area contributed by atoms with E-state index in [0.29, 0.717) is 23.8 Å². The number of piperidine rings is 2. The van der Waals surface area contributed by atoms with Gasteiger partial charge in [-0.2, -0.15) is 5.48 Å². The first-order chi connectivity index (χ1) is 13.9. The summed E-state index contributed by atoms with van der Waals surface area (Å²) >= 11 is 0. The fourth-order valence-corrected chi connectivity index (χ4v) is 5.03. The first kappa shape index (κ1) is 21.3. The zero-order chi connectivity index (χ0) is 20.4. The van der Waals surface area contributed by atoms with Gasteiger partial charge in [0.2, 0.25) is 0 Å². The van der Waals surface area contributed by atoms with E-state index in [1.165, 1.54) is 19.3 Å².